The summed E-state index contributed by atoms with van der Waals surface area (Å²) in [5.74, 6) is 1.47. The molecular formula is C28H27N3O4. The second-order valence-electron chi connectivity index (χ2n) is 9.18. The molecule has 0 bridgehead atoms. The van der Waals surface area contributed by atoms with Crippen LogP contribution < -0.4 is 14.4 Å². The fourth-order valence-corrected chi connectivity index (χ4v) is 5.19. The summed E-state index contributed by atoms with van der Waals surface area (Å²) in [6.45, 7) is 3.92. The number of fused-ring (bicyclic) bond motifs is 2. The first-order valence-corrected chi connectivity index (χ1v) is 12.0. The number of carbonyl (C=O) groups excluding carboxylic acids is 2. The van der Waals surface area contributed by atoms with Crippen LogP contribution in [0.4, 0.5) is 5.69 Å². The number of anilines is 1. The van der Waals surface area contributed by atoms with E-state index < -0.39 is 6.04 Å². The van der Waals surface area contributed by atoms with E-state index in [4.69, 9.17) is 9.47 Å². The molecular weight excluding hydrogens is 442 g/mol. The van der Waals surface area contributed by atoms with Gasteiger partial charge in [-0.05, 0) is 41.5 Å². The van der Waals surface area contributed by atoms with E-state index in [0.29, 0.717) is 25.1 Å². The van der Waals surface area contributed by atoms with Crippen molar-refractivity contribution >= 4 is 17.5 Å². The number of carbonyl (C=O) groups is 2. The van der Waals surface area contributed by atoms with E-state index >= 15 is 0 Å². The van der Waals surface area contributed by atoms with Crippen molar-refractivity contribution in [1.82, 2.24) is 9.80 Å². The number of hydrogen-bond acceptors (Lipinski definition) is 5. The van der Waals surface area contributed by atoms with E-state index in [-0.39, 0.29) is 18.6 Å². The summed E-state index contributed by atoms with van der Waals surface area (Å²) < 4.78 is 10.9. The lowest BCUT2D eigenvalue weighted by Gasteiger charge is -2.37. The second-order valence-corrected chi connectivity index (χ2v) is 9.18. The zero-order valence-electron chi connectivity index (χ0n) is 19.4. The van der Waals surface area contributed by atoms with Gasteiger partial charge in [-0.2, -0.15) is 0 Å². The lowest BCUT2D eigenvalue weighted by atomic mass is 10.1. The summed E-state index contributed by atoms with van der Waals surface area (Å²) in [4.78, 5) is 33.1. The van der Waals surface area contributed by atoms with Gasteiger partial charge in [0.25, 0.3) is 5.91 Å². The van der Waals surface area contributed by atoms with Crippen LogP contribution in [0.15, 0.2) is 72.8 Å². The molecule has 1 saturated heterocycles. The van der Waals surface area contributed by atoms with Crippen LogP contribution in [0.5, 0.6) is 11.5 Å². The van der Waals surface area contributed by atoms with Crippen molar-refractivity contribution in [3.05, 3.63) is 89.5 Å². The Labute approximate surface area is 204 Å². The monoisotopic (exact) mass is 469 g/mol. The first kappa shape index (κ1) is 21.7. The summed E-state index contributed by atoms with van der Waals surface area (Å²) in [6, 6.07) is 22.6. The van der Waals surface area contributed by atoms with E-state index in [1.165, 1.54) is 5.56 Å². The molecule has 3 aromatic carbocycles. The van der Waals surface area contributed by atoms with Crippen molar-refractivity contribution in [2.45, 2.75) is 19.0 Å². The minimum atomic E-state index is -0.513. The lowest BCUT2D eigenvalue weighted by Crippen LogP contribution is -2.55. The summed E-state index contributed by atoms with van der Waals surface area (Å²) in [5.41, 5.74) is 3.63. The Balaban J connectivity index is 1.14. The highest BCUT2D eigenvalue weighted by molar-refractivity contribution is 6.11. The molecule has 0 unspecified atom stereocenters. The average molecular weight is 470 g/mol. The summed E-state index contributed by atoms with van der Waals surface area (Å²) in [5, 5.41) is 0. The summed E-state index contributed by atoms with van der Waals surface area (Å²) in [7, 11) is 0. The Hall–Kier alpha value is -3.84. The SMILES string of the molecule is O=C([C@@H]1Cc2ccccc2N1C(=O)c1ccccc1)N1CCN(Cc2ccc3c(c2)OCO3)CC1. The normalized spacial score (nSPS) is 19.0. The zero-order valence-corrected chi connectivity index (χ0v) is 19.4. The highest BCUT2D eigenvalue weighted by Crippen LogP contribution is 2.35. The van der Waals surface area contributed by atoms with Crippen molar-refractivity contribution in [3.63, 3.8) is 0 Å². The van der Waals surface area contributed by atoms with Crippen molar-refractivity contribution < 1.29 is 19.1 Å². The van der Waals surface area contributed by atoms with Gasteiger partial charge in [0.2, 0.25) is 12.7 Å². The fraction of sp³-hybridized carbons (Fsp3) is 0.286. The first-order chi connectivity index (χ1) is 17.2. The predicted octanol–water partition coefficient (Wildman–Crippen LogP) is 3.33. The molecule has 3 aliphatic heterocycles. The van der Waals surface area contributed by atoms with Crippen LogP contribution in [0.3, 0.4) is 0 Å². The van der Waals surface area contributed by atoms with E-state index in [2.05, 4.69) is 11.0 Å². The van der Waals surface area contributed by atoms with Crippen molar-refractivity contribution in [3.8, 4) is 11.5 Å². The number of para-hydroxylation sites is 1. The molecule has 3 aliphatic rings. The molecule has 7 heteroatoms. The number of rotatable bonds is 4. The van der Waals surface area contributed by atoms with Gasteiger partial charge in [-0.15, -0.1) is 0 Å². The van der Waals surface area contributed by atoms with Crippen molar-refractivity contribution in [1.29, 1.82) is 0 Å². The minimum Gasteiger partial charge on any atom is -0.454 e. The third-order valence-electron chi connectivity index (χ3n) is 7.03. The number of piperazine rings is 1. The molecule has 3 aromatic rings. The Morgan fingerprint density at radius 2 is 1.57 bits per heavy atom. The molecule has 1 fully saturated rings. The third-order valence-corrected chi connectivity index (χ3v) is 7.03. The van der Waals surface area contributed by atoms with Crippen LogP contribution in [-0.2, 0) is 17.8 Å². The molecule has 0 aromatic heterocycles. The van der Waals surface area contributed by atoms with Crippen LogP contribution in [0.1, 0.15) is 21.5 Å². The molecule has 1 atom stereocenters. The lowest BCUT2D eigenvalue weighted by molar-refractivity contribution is -0.134. The van der Waals surface area contributed by atoms with Gasteiger partial charge in [0.15, 0.2) is 11.5 Å². The molecule has 0 N–H and O–H groups in total. The van der Waals surface area contributed by atoms with Crippen LogP contribution in [0.25, 0.3) is 0 Å². The number of benzene rings is 3. The molecule has 6 rings (SSSR count). The van der Waals surface area contributed by atoms with Crippen LogP contribution in [-0.4, -0.2) is 60.6 Å². The Morgan fingerprint density at radius 3 is 2.40 bits per heavy atom. The maximum Gasteiger partial charge on any atom is 0.259 e. The minimum absolute atomic E-state index is 0.0215. The quantitative estimate of drug-likeness (QED) is 0.587. The van der Waals surface area contributed by atoms with Gasteiger partial charge in [0, 0.05) is 50.4 Å². The maximum absolute atomic E-state index is 13.7. The van der Waals surface area contributed by atoms with E-state index in [1.807, 2.05) is 59.5 Å². The van der Waals surface area contributed by atoms with Gasteiger partial charge in [-0.1, -0.05) is 42.5 Å². The van der Waals surface area contributed by atoms with Gasteiger partial charge in [-0.3, -0.25) is 19.4 Å². The van der Waals surface area contributed by atoms with Gasteiger partial charge in [0.05, 0.1) is 0 Å². The van der Waals surface area contributed by atoms with Gasteiger partial charge in [0.1, 0.15) is 6.04 Å². The van der Waals surface area contributed by atoms with Crippen LogP contribution in [0, 0.1) is 0 Å². The number of amides is 2. The standard InChI is InChI=1S/C28H27N3O4/c32-27(21-6-2-1-3-7-21)31-23-9-5-4-8-22(23)17-24(31)28(33)30-14-12-29(13-15-30)18-20-10-11-25-26(16-20)35-19-34-25/h1-11,16,24H,12-15,17-19H2/t24-/m0/s1. The maximum atomic E-state index is 13.7. The van der Waals surface area contributed by atoms with Gasteiger partial charge < -0.3 is 14.4 Å². The average Bonchev–Trinajstić information content (AvgIpc) is 3.53. The number of hydrogen-bond donors (Lipinski definition) is 0. The Kier molecular flexibility index (Phi) is 5.62. The third kappa shape index (κ3) is 4.12. The first-order valence-electron chi connectivity index (χ1n) is 12.0. The van der Waals surface area contributed by atoms with Crippen LogP contribution >= 0.6 is 0 Å². The van der Waals surface area contributed by atoms with Crippen molar-refractivity contribution in [2.24, 2.45) is 0 Å². The highest BCUT2D eigenvalue weighted by atomic mass is 16.7. The molecule has 35 heavy (non-hydrogen) atoms. The smallest absolute Gasteiger partial charge is 0.259 e. The topological polar surface area (TPSA) is 62.3 Å². The van der Waals surface area contributed by atoms with Crippen molar-refractivity contribution in [2.75, 3.05) is 37.9 Å². The Bertz CT molecular complexity index is 1250. The summed E-state index contributed by atoms with van der Waals surface area (Å²) >= 11 is 0. The molecule has 0 radical (unpaired) electrons. The van der Waals surface area contributed by atoms with E-state index in [1.54, 1.807) is 17.0 Å². The predicted molar refractivity (Wildman–Crippen MR) is 132 cm³/mol. The molecule has 178 valence electrons. The molecule has 3 heterocycles. The molecule has 0 aliphatic carbocycles. The zero-order chi connectivity index (χ0) is 23.8. The molecule has 0 spiro atoms. The second kappa shape index (κ2) is 9.07. The van der Waals surface area contributed by atoms with Gasteiger partial charge in [-0.25, -0.2) is 0 Å². The Morgan fingerprint density at radius 1 is 0.829 bits per heavy atom. The van der Waals surface area contributed by atoms with Crippen LogP contribution in [0.2, 0.25) is 0 Å². The van der Waals surface area contributed by atoms with E-state index in [0.717, 1.165) is 42.4 Å². The van der Waals surface area contributed by atoms with E-state index in [9.17, 15) is 9.59 Å². The molecule has 7 nitrogen and oxygen atoms in total. The fourth-order valence-electron chi connectivity index (χ4n) is 5.19. The van der Waals surface area contributed by atoms with Gasteiger partial charge >= 0.3 is 0 Å². The number of ether oxygens (including phenoxy) is 2. The highest BCUT2D eigenvalue weighted by Gasteiger charge is 2.41. The molecule has 2 amide bonds. The largest absolute Gasteiger partial charge is 0.454 e. The number of nitrogens with zero attached hydrogens (tertiary/aromatic N) is 3. The molecule has 0 saturated carbocycles. The summed E-state index contributed by atoms with van der Waals surface area (Å²) in [6.07, 6.45) is 0.547.